The molecule has 1 unspecified atom stereocenters. The van der Waals surface area contributed by atoms with E-state index in [1.54, 1.807) is 30.3 Å². The first kappa shape index (κ1) is 21.4. The Morgan fingerprint density at radius 3 is 2.39 bits per heavy atom. The number of carbonyl (C=O) groups is 2. The molecule has 1 heterocycles. The van der Waals surface area contributed by atoms with Gasteiger partial charge < -0.3 is 20.3 Å². The Balaban J connectivity index is 1.82. The minimum atomic E-state index is -4.96. The lowest BCUT2D eigenvalue weighted by Gasteiger charge is -2.30. The van der Waals surface area contributed by atoms with Crippen molar-refractivity contribution in [3.05, 3.63) is 54.1 Å². The van der Waals surface area contributed by atoms with Crippen LogP contribution in [0.1, 0.15) is 29.0 Å². The number of nitrogens with zero attached hydrogens (tertiary/aromatic N) is 2. The van der Waals surface area contributed by atoms with Crippen molar-refractivity contribution >= 4 is 11.8 Å². The van der Waals surface area contributed by atoms with Gasteiger partial charge in [-0.25, -0.2) is 4.98 Å². The zero-order valence-corrected chi connectivity index (χ0v) is 15.2. The van der Waals surface area contributed by atoms with Crippen molar-refractivity contribution in [1.29, 1.82) is 0 Å². The zero-order valence-electron chi connectivity index (χ0n) is 15.2. The Hall–Kier alpha value is -2.88. The molecule has 0 aliphatic rings. The van der Waals surface area contributed by atoms with E-state index in [1.165, 1.54) is 13.2 Å². The summed E-state index contributed by atoms with van der Waals surface area (Å²) in [5.41, 5.74) is -2.74. The molecule has 0 spiro atoms. The molecule has 1 aromatic carbocycles. The normalized spacial score (nSPS) is 13.6. The van der Waals surface area contributed by atoms with Crippen LogP contribution in [0.2, 0.25) is 0 Å². The predicted molar refractivity (Wildman–Crippen MR) is 94.2 cm³/mol. The van der Waals surface area contributed by atoms with Crippen molar-refractivity contribution in [2.75, 3.05) is 13.1 Å². The minimum absolute atomic E-state index is 0.0302. The molecular weight excluding hydrogens is 377 g/mol. The molecule has 1 aromatic heterocycles. The second kappa shape index (κ2) is 8.87. The van der Waals surface area contributed by atoms with E-state index in [2.05, 4.69) is 15.6 Å². The molecule has 0 aliphatic heterocycles. The van der Waals surface area contributed by atoms with Crippen LogP contribution in [0.15, 0.2) is 42.7 Å². The van der Waals surface area contributed by atoms with Crippen molar-refractivity contribution in [3.8, 4) is 0 Å². The molecule has 10 heteroatoms. The van der Waals surface area contributed by atoms with Crippen molar-refractivity contribution < 1.29 is 27.9 Å². The van der Waals surface area contributed by atoms with Crippen molar-refractivity contribution in [1.82, 2.24) is 20.2 Å². The molecule has 0 fully saturated rings. The van der Waals surface area contributed by atoms with Gasteiger partial charge in [0.2, 0.25) is 11.5 Å². The Kier molecular flexibility index (Phi) is 6.79. The summed E-state index contributed by atoms with van der Waals surface area (Å²) in [6.07, 6.45) is -3.41. The van der Waals surface area contributed by atoms with Gasteiger partial charge in [-0.15, -0.1) is 0 Å². The number of rotatable bonds is 8. The van der Waals surface area contributed by atoms with E-state index in [0.29, 0.717) is 5.56 Å². The SMILES string of the molecule is Cn1ccnc1C(O)(CCNC(=O)CCNC(=O)c1ccccc1)C(F)(F)F. The summed E-state index contributed by atoms with van der Waals surface area (Å²) in [6.45, 7) is -0.378. The summed E-state index contributed by atoms with van der Waals surface area (Å²) < 4.78 is 41.2. The average Bonchev–Trinajstić information content (AvgIpc) is 3.07. The Morgan fingerprint density at radius 1 is 1.14 bits per heavy atom. The lowest BCUT2D eigenvalue weighted by atomic mass is 9.97. The monoisotopic (exact) mass is 398 g/mol. The number of aliphatic hydroxyl groups is 1. The van der Waals surface area contributed by atoms with Crippen LogP contribution in [-0.2, 0) is 17.4 Å². The fourth-order valence-corrected chi connectivity index (χ4v) is 2.60. The van der Waals surface area contributed by atoms with E-state index in [4.69, 9.17) is 0 Å². The molecule has 2 aromatic rings. The van der Waals surface area contributed by atoms with E-state index in [0.717, 1.165) is 10.8 Å². The van der Waals surface area contributed by atoms with Crippen molar-refractivity contribution in [2.24, 2.45) is 7.05 Å². The first-order chi connectivity index (χ1) is 13.1. The minimum Gasteiger partial charge on any atom is -0.374 e. The van der Waals surface area contributed by atoms with Crippen LogP contribution in [0.25, 0.3) is 0 Å². The molecule has 152 valence electrons. The topological polar surface area (TPSA) is 96.2 Å². The molecule has 0 saturated carbocycles. The van der Waals surface area contributed by atoms with Gasteiger partial charge in [0.15, 0.2) is 0 Å². The van der Waals surface area contributed by atoms with E-state index in [1.807, 2.05) is 0 Å². The summed E-state index contributed by atoms with van der Waals surface area (Å²) in [6, 6.07) is 8.39. The molecule has 0 saturated heterocycles. The Bertz CT molecular complexity index is 808. The van der Waals surface area contributed by atoms with Gasteiger partial charge in [0.05, 0.1) is 0 Å². The number of halogens is 3. The highest BCUT2D eigenvalue weighted by molar-refractivity contribution is 5.94. The number of aromatic nitrogens is 2. The van der Waals surface area contributed by atoms with Gasteiger partial charge >= 0.3 is 6.18 Å². The molecular formula is C18H21F3N4O3. The number of benzene rings is 1. The fraction of sp³-hybridized carbons (Fsp3) is 0.389. The molecule has 1 atom stereocenters. The van der Waals surface area contributed by atoms with Gasteiger partial charge in [-0.1, -0.05) is 18.2 Å². The maximum Gasteiger partial charge on any atom is 0.424 e. The first-order valence-electron chi connectivity index (χ1n) is 8.52. The standard InChI is InChI=1S/C18H21F3N4O3/c1-25-12-11-24-16(25)17(28,18(19,20)21)8-10-22-14(26)7-9-23-15(27)13-5-3-2-4-6-13/h2-6,11-12,28H,7-10H2,1H3,(H,22,26)(H,23,27). The number of hydrogen-bond acceptors (Lipinski definition) is 4. The maximum atomic E-state index is 13.4. The maximum absolute atomic E-state index is 13.4. The lowest BCUT2D eigenvalue weighted by Crippen LogP contribution is -2.46. The summed E-state index contributed by atoms with van der Waals surface area (Å²) in [5, 5.41) is 15.0. The number of hydrogen-bond donors (Lipinski definition) is 3. The lowest BCUT2D eigenvalue weighted by molar-refractivity contribution is -0.272. The predicted octanol–water partition coefficient (Wildman–Crippen LogP) is 1.50. The number of carbonyl (C=O) groups excluding carboxylic acids is 2. The number of amides is 2. The van der Waals surface area contributed by atoms with Crippen LogP contribution in [0.4, 0.5) is 13.2 Å². The highest BCUT2D eigenvalue weighted by atomic mass is 19.4. The largest absolute Gasteiger partial charge is 0.424 e. The molecule has 28 heavy (non-hydrogen) atoms. The highest BCUT2D eigenvalue weighted by Crippen LogP contribution is 2.40. The van der Waals surface area contributed by atoms with Gasteiger partial charge in [-0.2, -0.15) is 13.2 Å². The van der Waals surface area contributed by atoms with E-state index in [9.17, 15) is 27.9 Å². The van der Waals surface area contributed by atoms with Gasteiger partial charge in [0.25, 0.3) is 5.91 Å². The van der Waals surface area contributed by atoms with Gasteiger partial charge in [-0.3, -0.25) is 9.59 Å². The third-order valence-electron chi connectivity index (χ3n) is 4.14. The third-order valence-corrected chi connectivity index (χ3v) is 4.14. The van der Waals surface area contributed by atoms with Gasteiger partial charge in [0.1, 0.15) is 5.82 Å². The molecule has 2 rings (SSSR count). The smallest absolute Gasteiger partial charge is 0.374 e. The van der Waals surface area contributed by atoms with Crippen molar-refractivity contribution in [2.45, 2.75) is 24.6 Å². The number of alkyl halides is 3. The van der Waals surface area contributed by atoms with E-state index < -0.39 is 36.5 Å². The van der Waals surface area contributed by atoms with Crippen LogP contribution in [0.3, 0.4) is 0 Å². The summed E-state index contributed by atoms with van der Waals surface area (Å²) in [4.78, 5) is 27.2. The fourth-order valence-electron chi connectivity index (χ4n) is 2.60. The molecule has 3 N–H and O–H groups in total. The first-order valence-corrected chi connectivity index (χ1v) is 8.52. The molecule has 0 radical (unpaired) electrons. The quantitative estimate of drug-likeness (QED) is 0.628. The van der Waals surface area contributed by atoms with Crippen LogP contribution in [-0.4, -0.2) is 45.7 Å². The second-order valence-corrected chi connectivity index (χ2v) is 6.19. The van der Waals surface area contributed by atoms with E-state index in [-0.39, 0.29) is 18.9 Å². The number of imidazole rings is 1. The Morgan fingerprint density at radius 2 is 1.82 bits per heavy atom. The number of aryl methyl sites for hydroxylation is 1. The average molecular weight is 398 g/mol. The number of nitrogens with one attached hydrogen (secondary N) is 2. The highest BCUT2D eigenvalue weighted by Gasteiger charge is 2.57. The van der Waals surface area contributed by atoms with Crippen LogP contribution >= 0.6 is 0 Å². The van der Waals surface area contributed by atoms with Gasteiger partial charge in [-0.05, 0) is 12.1 Å². The van der Waals surface area contributed by atoms with E-state index >= 15 is 0 Å². The van der Waals surface area contributed by atoms with Crippen molar-refractivity contribution in [3.63, 3.8) is 0 Å². The zero-order chi connectivity index (χ0) is 20.8. The molecule has 2 amide bonds. The van der Waals surface area contributed by atoms with Crippen LogP contribution < -0.4 is 10.6 Å². The molecule has 7 nitrogen and oxygen atoms in total. The van der Waals surface area contributed by atoms with Crippen LogP contribution in [0.5, 0.6) is 0 Å². The summed E-state index contributed by atoms with van der Waals surface area (Å²) in [5.74, 6) is -1.45. The van der Waals surface area contributed by atoms with Crippen LogP contribution in [0, 0.1) is 0 Å². The molecule has 0 aliphatic carbocycles. The van der Waals surface area contributed by atoms with Gasteiger partial charge in [0, 0.05) is 50.9 Å². The summed E-state index contributed by atoms with van der Waals surface area (Å²) >= 11 is 0. The second-order valence-electron chi connectivity index (χ2n) is 6.19. The third kappa shape index (κ3) is 5.10. The Labute approximate surface area is 159 Å². The summed E-state index contributed by atoms with van der Waals surface area (Å²) in [7, 11) is 1.34. The molecule has 0 bridgehead atoms.